The highest BCUT2D eigenvalue weighted by Gasteiger charge is 2.39. The molecular weight excluding hydrogens is 265 g/mol. The van der Waals surface area contributed by atoms with Crippen LogP contribution < -0.4 is 5.73 Å². The number of aromatic nitrogens is 2. The van der Waals surface area contributed by atoms with Crippen molar-refractivity contribution < 1.29 is 4.39 Å². The number of benzene rings is 1. The SMILES string of the molecule is CCC1(c2nn(C)c(N)c2-c2cccc(F)c2)CCCC1. The number of rotatable bonds is 3. The molecule has 1 heterocycles. The van der Waals surface area contributed by atoms with Gasteiger partial charge in [-0.2, -0.15) is 5.10 Å². The molecule has 0 spiro atoms. The monoisotopic (exact) mass is 287 g/mol. The highest BCUT2D eigenvalue weighted by Crippen LogP contribution is 2.47. The molecule has 1 aromatic carbocycles. The molecule has 0 radical (unpaired) electrons. The van der Waals surface area contributed by atoms with Gasteiger partial charge in [0.15, 0.2) is 0 Å². The molecule has 1 fully saturated rings. The number of nitrogens with zero attached hydrogens (tertiary/aromatic N) is 2. The lowest BCUT2D eigenvalue weighted by molar-refractivity contribution is 0.408. The lowest BCUT2D eigenvalue weighted by Crippen LogP contribution is -2.22. The Morgan fingerprint density at radius 3 is 2.67 bits per heavy atom. The van der Waals surface area contributed by atoms with Gasteiger partial charge in [0.05, 0.1) is 5.69 Å². The van der Waals surface area contributed by atoms with Gasteiger partial charge in [0.2, 0.25) is 0 Å². The Hall–Kier alpha value is -1.84. The van der Waals surface area contributed by atoms with Crippen molar-refractivity contribution >= 4 is 5.82 Å². The molecule has 1 aliphatic carbocycles. The first-order valence-corrected chi connectivity index (χ1v) is 7.66. The van der Waals surface area contributed by atoms with E-state index in [1.165, 1.54) is 18.9 Å². The Balaban J connectivity index is 2.20. The van der Waals surface area contributed by atoms with Crippen LogP contribution in [0.1, 0.15) is 44.7 Å². The average Bonchev–Trinajstić information content (AvgIpc) is 3.06. The number of nitrogen functional groups attached to an aromatic ring is 1. The molecule has 3 nitrogen and oxygen atoms in total. The molecule has 3 rings (SSSR count). The van der Waals surface area contributed by atoms with Crippen molar-refractivity contribution in [3.8, 4) is 11.1 Å². The molecule has 4 heteroatoms. The van der Waals surface area contributed by atoms with Gasteiger partial charge >= 0.3 is 0 Å². The lowest BCUT2D eigenvalue weighted by Gasteiger charge is -2.26. The van der Waals surface area contributed by atoms with Crippen LogP contribution in [0.15, 0.2) is 24.3 Å². The summed E-state index contributed by atoms with van der Waals surface area (Å²) in [4.78, 5) is 0. The largest absolute Gasteiger partial charge is 0.383 e. The highest BCUT2D eigenvalue weighted by atomic mass is 19.1. The predicted molar refractivity (Wildman–Crippen MR) is 83.5 cm³/mol. The van der Waals surface area contributed by atoms with Crippen LogP contribution in [0, 0.1) is 5.82 Å². The molecule has 1 saturated carbocycles. The van der Waals surface area contributed by atoms with Crippen molar-refractivity contribution in [2.24, 2.45) is 7.05 Å². The topological polar surface area (TPSA) is 43.8 Å². The van der Waals surface area contributed by atoms with Gasteiger partial charge in [-0.05, 0) is 37.0 Å². The fraction of sp³-hybridized carbons (Fsp3) is 0.471. The Labute approximate surface area is 125 Å². The number of hydrogen-bond acceptors (Lipinski definition) is 2. The van der Waals surface area contributed by atoms with Gasteiger partial charge in [-0.1, -0.05) is 31.9 Å². The van der Waals surface area contributed by atoms with E-state index in [0.717, 1.165) is 36.1 Å². The van der Waals surface area contributed by atoms with Crippen LogP contribution in [0.2, 0.25) is 0 Å². The Bertz CT molecular complexity index is 654. The van der Waals surface area contributed by atoms with Gasteiger partial charge in [0.25, 0.3) is 0 Å². The second-order valence-electron chi connectivity index (χ2n) is 6.08. The van der Waals surface area contributed by atoms with Crippen LogP contribution in [0.3, 0.4) is 0 Å². The summed E-state index contributed by atoms with van der Waals surface area (Å²) in [6, 6.07) is 6.66. The average molecular weight is 287 g/mol. The molecule has 112 valence electrons. The second-order valence-corrected chi connectivity index (χ2v) is 6.08. The van der Waals surface area contributed by atoms with Crippen molar-refractivity contribution in [3.63, 3.8) is 0 Å². The third-order valence-electron chi connectivity index (χ3n) is 4.94. The smallest absolute Gasteiger partial charge is 0.129 e. The summed E-state index contributed by atoms with van der Waals surface area (Å²) >= 11 is 0. The van der Waals surface area contributed by atoms with Crippen molar-refractivity contribution in [1.82, 2.24) is 9.78 Å². The minimum absolute atomic E-state index is 0.0943. The number of anilines is 1. The third kappa shape index (κ3) is 2.23. The molecule has 0 unspecified atom stereocenters. The predicted octanol–water partition coefficient (Wildman–Crippen LogP) is 4.03. The van der Waals surface area contributed by atoms with Crippen LogP contribution >= 0.6 is 0 Å². The molecule has 1 aliphatic rings. The molecule has 0 atom stereocenters. The van der Waals surface area contributed by atoms with Gasteiger partial charge in [0.1, 0.15) is 11.6 Å². The summed E-state index contributed by atoms with van der Waals surface area (Å²) in [6.07, 6.45) is 5.79. The van der Waals surface area contributed by atoms with E-state index in [1.54, 1.807) is 16.8 Å². The second kappa shape index (κ2) is 5.17. The number of aryl methyl sites for hydroxylation is 1. The van der Waals surface area contributed by atoms with E-state index in [2.05, 4.69) is 6.92 Å². The number of halogens is 1. The quantitative estimate of drug-likeness (QED) is 0.926. The van der Waals surface area contributed by atoms with Gasteiger partial charge in [-0.3, -0.25) is 4.68 Å². The summed E-state index contributed by atoms with van der Waals surface area (Å²) < 4.78 is 15.3. The molecule has 21 heavy (non-hydrogen) atoms. The van der Waals surface area contributed by atoms with E-state index in [0.29, 0.717) is 5.82 Å². The van der Waals surface area contributed by atoms with Gasteiger partial charge in [0, 0.05) is 18.0 Å². The molecule has 2 N–H and O–H groups in total. The zero-order chi connectivity index (χ0) is 15.0. The first-order chi connectivity index (χ1) is 10.1. The van der Waals surface area contributed by atoms with E-state index < -0.39 is 0 Å². The van der Waals surface area contributed by atoms with E-state index in [4.69, 9.17) is 10.8 Å². The molecule has 0 aliphatic heterocycles. The maximum atomic E-state index is 13.6. The van der Waals surface area contributed by atoms with Crippen LogP contribution in [-0.4, -0.2) is 9.78 Å². The standard InChI is InChI=1S/C17H22FN3/c1-3-17(9-4-5-10-17)15-14(16(19)21(2)20-15)12-7-6-8-13(18)11-12/h6-8,11H,3-5,9-10,19H2,1-2H3. The molecule has 0 bridgehead atoms. The van der Waals surface area contributed by atoms with Crippen molar-refractivity contribution in [2.45, 2.75) is 44.4 Å². The number of hydrogen-bond donors (Lipinski definition) is 1. The van der Waals surface area contributed by atoms with Crippen LogP contribution in [0.5, 0.6) is 0 Å². The van der Waals surface area contributed by atoms with Crippen LogP contribution in [-0.2, 0) is 12.5 Å². The van der Waals surface area contributed by atoms with E-state index in [9.17, 15) is 4.39 Å². The maximum Gasteiger partial charge on any atom is 0.129 e. The summed E-state index contributed by atoms with van der Waals surface area (Å²) in [7, 11) is 1.86. The first-order valence-electron chi connectivity index (χ1n) is 7.66. The number of nitrogens with two attached hydrogens (primary N) is 1. The Morgan fingerprint density at radius 2 is 2.05 bits per heavy atom. The van der Waals surface area contributed by atoms with Crippen molar-refractivity contribution in [1.29, 1.82) is 0 Å². The minimum atomic E-state index is -0.237. The van der Waals surface area contributed by atoms with E-state index in [-0.39, 0.29) is 11.2 Å². The molecule has 0 saturated heterocycles. The molecular formula is C17H22FN3. The first kappa shape index (κ1) is 14.1. The van der Waals surface area contributed by atoms with E-state index >= 15 is 0 Å². The fourth-order valence-corrected chi connectivity index (χ4v) is 3.65. The highest BCUT2D eigenvalue weighted by molar-refractivity contribution is 5.77. The summed E-state index contributed by atoms with van der Waals surface area (Å²) in [6.45, 7) is 2.21. The zero-order valence-electron chi connectivity index (χ0n) is 12.7. The Morgan fingerprint density at radius 1 is 1.33 bits per heavy atom. The van der Waals surface area contributed by atoms with Crippen molar-refractivity contribution in [2.75, 3.05) is 5.73 Å². The summed E-state index contributed by atoms with van der Waals surface area (Å²) in [5.41, 5.74) is 9.13. The van der Waals surface area contributed by atoms with Gasteiger partial charge < -0.3 is 5.73 Å². The van der Waals surface area contributed by atoms with Crippen molar-refractivity contribution in [3.05, 3.63) is 35.8 Å². The normalized spacial score (nSPS) is 17.3. The zero-order valence-corrected chi connectivity index (χ0v) is 12.7. The summed E-state index contributed by atoms with van der Waals surface area (Å²) in [5.74, 6) is 0.383. The van der Waals surface area contributed by atoms with Gasteiger partial charge in [-0.15, -0.1) is 0 Å². The Kier molecular flexibility index (Phi) is 3.47. The van der Waals surface area contributed by atoms with Crippen LogP contribution in [0.25, 0.3) is 11.1 Å². The molecule has 2 aromatic rings. The third-order valence-corrected chi connectivity index (χ3v) is 4.94. The van der Waals surface area contributed by atoms with Crippen LogP contribution in [0.4, 0.5) is 10.2 Å². The van der Waals surface area contributed by atoms with E-state index in [1.807, 2.05) is 13.1 Å². The lowest BCUT2D eigenvalue weighted by atomic mass is 9.77. The fourth-order valence-electron chi connectivity index (χ4n) is 3.65. The minimum Gasteiger partial charge on any atom is -0.383 e. The maximum absolute atomic E-state index is 13.6. The molecule has 0 amide bonds. The van der Waals surface area contributed by atoms with Gasteiger partial charge in [-0.25, -0.2) is 4.39 Å². The summed E-state index contributed by atoms with van der Waals surface area (Å²) in [5, 5.41) is 4.71. The molecule has 1 aromatic heterocycles.